The molecular weight excluding hydrogens is 254 g/mol. The van der Waals surface area contributed by atoms with Gasteiger partial charge in [-0.25, -0.2) is 0 Å². The Morgan fingerprint density at radius 1 is 1.40 bits per heavy atom. The Labute approximate surface area is 122 Å². The summed E-state index contributed by atoms with van der Waals surface area (Å²) in [5.74, 6) is 0.647. The fourth-order valence-electron chi connectivity index (χ4n) is 3.33. The van der Waals surface area contributed by atoms with E-state index in [1.54, 1.807) is 0 Å². The summed E-state index contributed by atoms with van der Waals surface area (Å²) in [5, 5.41) is 12.3. The number of nitrogens with two attached hydrogens (primary N) is 1. The minimum Gasteiger partial charge on any atom is -0.409 e. The third kappa shape index (κ3) is 3.44. The number of hydrogen-bond acceptors (Lipinski definition) is 3. The van der Waals surface area contributed by atoms with E-state index in [1.807, 2.05) is 18.7 Å². The summed E-state index contributed by atoms with van der Waals surface area (Å²) in [6, 6.07) is 0. The molecule has 0 spiro atoms. The van der Waals surface area contributed by atoms with Crippen LogP contribution in [0.3, 0.4) is 0 Å². The number of rotatable bonds is 6. The van der Waals surface area contributed by atoms with Crippen molar-refractivity contribution in [2.45, 2.75) is 59.3 Å². The van der Waals surface area contributed by atoms with Crippen molar-refractivity contribution in [2.24, 2.45) is 22.2 Å². The standard InChI is InChI=1S/C15H29N3O2/c1-4-8-15(9-5-2,13(16)17-20)14(19)18-10-6-7-12(3)11-18/h12,20H,4-11H2,1-3H3,(H2,16,17). The van der Waals surface area contributed by atoms with Gasteiger partial charge in [-0.05, 0) is 31.6 Å². The summed E-state index contributed by atoms with van der Waals surface area (Å²) < 4.78 is 0. The molecule has 1 amide bonds. The van der Waals surface area contributed by atoms with Crippen LogP contribution in [-0.4, -0.2) is 34.9 Å². The summed E-state index contributed by atoms with van der Waals surface area (Å²) in [6.07, 6.45) is 5.16. The van der Waals surface area contributed by atoms with E-state index >= 15 is 0 Å². The van der Waals surface area contributed by atoms with Gasteiger partial charge in [0.1, 0.15) is 5.41 Å². The topological polar surface area (TPSA) is 78.9 Å². The first kappa shape index (κ1) is 16.8. The van der Waals surface area contributed by atoms with E-state index in [0.717, 1.165) is 32.4 Å². The lowest BCUT2D eigenvalue weighted by molar-refractivity contribution is -0.141. The molecule has 5 heteroatoms. The van der Waals surface area contributed by atoms with Crippen LogP contribution in [-0.2, 0) is 4.79 Å². The second kappa shape index (κ2) is 7.50. The molecule has 0 aromatic heterocycles. The maximum atomic E-state index is 13.0. The molecule has 0 saturated carbocycles. The van der Waals surface area contributed by atoms with E-state index in [-0.39, 0.29) is 11.7 Å². The second-order valence-electron chi connectivity index (χ2n) is 6.07. The van der Waals surface area contributed by atoms with Crippen LogP contribution in [0.15, 0.2) is 5.16 Å². The van der Waals surface area contributed by atoms with Gasteiger partial charge in [-0.1, -0.05) is 38.8 Å². The minimum absolute atomic E-state index is 0.0445. The minimum atomic E-state index is -0.824. The van der Waals surface area contributed by atoms with E-state index in [9.17, 15) is 4.79 Å². The molecule has 1 rings (SSSR count). The van der Waals surface area contributed by atoms with E-state index < -0.39 is 5.41 Å². The van der Waals surface area contributed by atoms with Crippen molar-refractivity contribution >= 4 is 11.7 Å². The number of carbonyl (C=O) groups excluding carboxylic acids is 1. The molecule has 0 aromatic rings. The van der Waals surface area contributed by atoms with Gasteiger partial charge in [0, 0.05) is 13.1 Å². The predicted octanol–water partition coefficient (Wildman–Crippen LogP) is 2.58. The fraction of sp³-hybridized carbons (Fsp3) is 0.867. The maximum absolute atomic E-state index is 13.0. The van der Waals surface area contributed by atoms with Gasteiger partial charge in [-0.15, -0.1) is 0 Å². The van der Waals surface area contributed by atoms with Crippen LogP contribution >= 0.6 is 0 Å². The lowest BCUT2D eigenvalue weighted by atomic mass is 9.76. The molecular formula is C15H29N3O2. The summed E-state index contributed by atoms with van der Waals surface area (Å²) in [4.78, 5) is 14.9. The van der Waals surface area contributed by atoms with E-state index in [1.165, 1.54) is 6.42 Å². The molecule has 1 atom stereocenters. The molecule has 116 valence electrons. The lowest BCUT2D eigenvalue weighted by Gasteiger charge is -2.39. The highest BCUT2D eigenvalue weighted by molar-refractivity contribution is 6.06. The molecule has 0 aliphatic carbocycles. The first-order valence-electron chi connectivity index (χ1n) is 7.79. The number of hydrogen-bond donors (Lipinski definition) is 2. The number of nitrogens with zero attached hydrogens (tertiary/aromatic N) is 2. The molecule has 1 unspecified atom stereocenters. The van der Waals surface area contributed by atoms with Crippen LogP contribution in [0.1, 0.15) is 59.3 Å². The summed E-state index contributed by atoms with van der Waals surface area (Å²) in [7, 11) is 0. The van der Waals surface area contributed by atoms with Gasteiger partial charge in [0.25, 0.3) is 0 Å². The van der Waals surface area contributed by atoms with Gasteiger partial charge in [0.2, 0.25) is 5.91 Å². The van der Waals surface area contributed by atoms with Gasteiger partial charge in [-0.2, -0.15) is 0 Å². The maximum Gasteiger partial charge on any atom is 0.236 e. The third-order valence-corrected chi connectivity index (χ3v) is 4.31. The van der Waals surface area contributed by atoms with Crippen molar-refractivity contribution in [3.63, 3.8) is 0 Å². The van der Waals surface area contributed by atoms with Gasteiger partial charge < -0.3 is 15.8 Å². The Balaban J connectivity index is 3.04. The predicted molar refractivity (Wildman–Crippen MR) is 80.6 cm³/mol. The molecule has 1 aliphatic rings. The van der Waals surface area contributed by atoms with Crippen molar-refractivity contribution < 1.29 is 10.0 Å². The zero-order chi connectivity index (χ0) is 15.2. The van der Waals surface area contributed by atoms with Crippen molar-refractivity contribution in [1.29, 1.82) is 0 Å². The normalized spacial score (nSPS) is 21.1. The molecule has 0 radical (unpaired) electrons. The molecule has 1 saturated heterocycles. The van der Waals surface area contributed by atoms with Crippen LogP contribution in [0.5, 0.6) is 0 Å². The van der Waals surface area contributed by atoms with Crippen LogP contribution < -0.4 is 5.73 Å². The molecule has 5 nitrogen and oxygen atoms in total. The molecule has 0 bridgehead atoms. The van der Waals surface area contributed by atoms with Crippen LogP contribution in [0.25, 0.3) is 0 Å². The highest BCUT2D eigenvalue weighted by atomic mass is 16.4. The van der Waals surface area contributed by atoms with Crippen molar-refractivity contribution in [3.8, 4) is 0 Å². The second-order valence-corrected chi connectivity index (χ2v) is 6.07. The molecule has 0 aromatic carbocycles. The zero-order valence-electron chi connectivity index (χ0n) is 13.1. The Morgan fingerprint density at radius 3 is 2.45 bits per heavy atom. The SMILES string of the molecule is CCCC(CCC)(C(=O)N1CCCC(C)C1)C(N)=NO. The Kier molecular flexibility index (Phi) is 6.30. The largest absolute Gasteiger partial charge is 0.409 e. The fourth-order valence-corrected chi connectivity index (χ4v) is 3.33. The van der Waals surface area contributed by atoms with E-state index in [4.69, 9.17) is 10.9 Å². The molecule has 3 N–H and O–H groups in total. The number of carbonyl (C=O) groups is 1. The number of amides is 1. The lowest BCUT2D eigenvalue weighted by Crippen LogP contribution is -2.53. The monoisotopic (exact) mass is 283 g/mol. The number of oxime groups is 1. The molecule has 1 heterocycles. The quantitative estimate of drug-likeness (QED) is 0.340. The summed E-state index contributed by atoms with van der Waals surface area (Å²) in [6.45, 7) is 7.80. The first-order chi connectivity index (χ1) is 9.51. The highest BCUT2D eigenvalue weighted by Gasteiger charge is 2.44. The highest BCUT2D eigenvalue weighted by Crippen LogP contribution is 2.34. The van der Waals surface area contributed by atoms with Gasteiger partial charge in [0.15, 0.2) is 5.84 Å². The van der Waals surface area contributed by atoms with Crippen molar-refractivity contribution in [3.05, 3.63) is 0 Å². The smallest absolute Gasteiger partial charge is 0.236 e. The third-order valence-electron chi connectivity index (χ3n) is 4.31. The van der Waals surface area contributed by atoms with Gasteiger partial charge in [0.05, 0.1) is 0 Å². The van der Waals surface area contributed by atoms with E-state index in [2.05, 4.69) is 12.1 Å². The summed E-state index contributed by atoms with van der Waals surface area (Å²) >= 11 is 0. The molecule has 1 fully saturated rings. The van der Waals surface area contributed by atoms with Crippen LogP contribution in [0.4, 0.5) is 0 Å². The average molecular weight is 283 g/mol. The number of likely N-dealkylation sites (tertiary alicyclic amines) is 1. The number of piperidine rings is 1. The van der Waals surface area contributed by atoms with Crippen LogP contribution in [0, 0.1) is 11.3 Å². The van der Waals surface area contributed by atoms with Crippen molar-refractivity contribution in [2.75, 3.05) is 13.1 Å². The Morgan fingerprint density at radius 2 is 2.00 bits per heavy atom. The van der Waals surface area contributed by atoms with Crippen LogP contribution in [0.2, 0.25) is 0 Å². The average Bonchev–Trinajstić information content (AvgIpc) is 2.45. The van der Waals surface area contributed by atoms with E-state index in [0.29, 0.717) is 18.8 Å². The molecule has 1 aliphatic heterocycles. The van der Waals surface area contributed by atoms with Gasteiger partial charge in [-0.3, -0.25) is 4.79 Å². The summed E-state index contributed by atoms with van der Waals surface area (Å²) in [5.41, 5.74) is 5.09. The Hall–Kier alpha value is -1.26. The number of amidine groups is 1. The van der Waals surface area contributed by atoms with Crippen molar-refractivity contribution in [1.82, 2.24) is 4.90 Å². The van der Waals surface area contributed by atoms with Gasteiger partial charge >= 0.3 is 0 Å². The molecule has 20 heavy (non-hydrogen) atoms. The zero-order valence-corrected chi connectivity index (χ0v) is 13.1. The Bertz CT molecular complexity index is 349. The first-order valence-corrected chi connectivity index (χ1v) is 7.79.